The molecule has 0 saturated carbocycles. The molecule has 0 N–H and O–H groups in total. The summed E-state index contributed by atoms with van der Waals surface area (Å²) >= 11 is 7.27. The van der Waals surface area contributed by atoms with Crippen molar-refractivity contribution in [1.82, 2.24) is 4.98 Å². The molecule has 0 saturated heterocycles. The maximum atomic E-state index is 12.6. The zero-order valence-electron chi connectivity index (χ0n) is 15.3. The molecule has 0 spiro atoms. The third-order valence-electron chi connectivity index (χ3n) is 4.91. The Kier molecular flexibility index (Phi) is 4.52. The molecule has 1 aromatic heterocycles. The van der Waals surface area contributed by atoms with Crippen molar-refractivity contribution in [3.05, 3.63) is 64.8 Å². The number of thioether (sulfide) groups is 1. The van der Waals surface area contributed by atoms with Crippen LogP contribution in [0.15, 0.2) is 63.9 Å². The van der Waals surface area contributed by atoms with E-state index in [4.69, 9.17) is 16.0 Å². The van der Waals surface area contributed by atoms with Gasteiger partial charge in [0.1, 0.15) is 5.52 Å². The second-order valence-corrected chi connectivity index (χ2v) is 8.44. The molecule has 0 bridgehead atoms. The third-order valence-corrected chi connectivity index (χ3v) is 5.99. The largest absolute Gasteiger partial charge is 0.431 e. The summed E-state index contributed by atoms with van der Waals surface area (Å²) in [4.78, 5) is 19.1. The number of nitrogens with zero attached hydrogens (tertiary/aromatic N) is 2. The highest BCUT2D eigenvalue weighted by Gasteiger charge is 2.38. The number of halogens is 1. The van der Waals surface area contributed by atoms with Gasteiger partial charge in [-0.3, -0.25) is 4.79 Å². The number of hydrogen-bond donors (Lipinski definition) is 0. The molecule has 0 aliphatic carbocycles. The summed E-state index contributed by atoms with van der Waals surface area (Å²) in [7, 11) is 2.00. The van der Waals surface area contributed by atoms with Crippen molar-refractivity contribution in [3.8, 4) is 0 Å². The number of hydrogen-bond acceptors (Lipinski definition) is 5. The number of benzene rings is 2. The summed E-state index contributed by atoms with van der Waals surface area (Å²) in [6, 6.07) is 13.6. The van der Waals surface area contributed by atoms with Crippen molar-refractivity contribution in [2.75, 3.05) is 17.7 Å². The van der Waals surface area contributed by atoms with E-state index >= 15 is 0 Å². The fraction of sp³-hybridized carbons (Fsp3) is 0.238. The van der Waals surface area contributed by atoms with Gasteiger partial charge in [0.25, 0.3) is 5.22 Å². The van der Waals surface area contributed by atoms with Crippen LogP contribution in [0.1, 0.15) is 19.4 Å². The molecule has 0 amide bonds. The number of carbonyl (C=O) groups excluding carboxylic acids is 1. The summed E-state index contributed by atoms with van der Waals surface area (Å²) < 4.78 is 5.67. The van der Waals surface area contributed by atoms with Gasteiger partial charge in [-0.05, 0) is 29.8 Å². The number of ketones is 1. The molecule has 0 atom stereocenters. The van der Waals surface area contributed by atoms with E-state index in [1.165, 1.54) is 17.3 Å². The van der Waals surface area contributed by atoms with Crippen LogP contribution in [0.25, 0.3) is 11.1 Å². The third kappa shape index (κ3) is 3.26. The first kappa shape index (κ1) is 18.1. The minimum absolute atomic E-state index is 0.0306. The fourth-order valence-electron chi connectivity index (χ4n) is 3.53. The highest BCUT2D eigenvalue weighted by Crippen LogP contribution is 2.46. The summed E-state index contributed by atoms with van der Waals surface area (Å²) in [6.07, 6.45) is 1.74. The van der Waals surface area contributed by atoms with Gasteiger partial charge in [0, 0.05) is 34.9 Å². The number of allylic oxidation sites excluding steroid dienone is 2. The maximum absolute atomic E-state index is 12.6. The second-order valence-electron chi connectivity index (χ2n) is 7.08. The molecule has 0 unspecified atom stereocenters. The Morgan fingerprint density at radius 1 is 1.30 bits per heavy atom. The normalized spacial score (nSPS) is 16.9. The molecule has 1 aliphatic heterocycles. The molecule has 1 aliphatic rings. The summed E-state index contributed by atoms with van der Waals surface area (Å²) in [5.41, 5.74) is 4.53. The average Bonchev–Trinajstić information content (AvgIpc) is 3.12. The SMILES string of the molecule is CN1C(=CC(=O)CSc2nc3cc(Cl)ccc3o2)C(C)(C)c2ccccc21. The van der Waals surface area contributed by atoms with Crippen LogP contribution < -0.4 is 4.90 Å². The molecule has 27 heavy (non-hydrogen) atoms. The van der Waals surface area contributed by atoms with Crippen molar-refractivity contribution in [2.24, 2.45) is 0 Å². The van der Waals surface area contributed by atoms with Crippen LogP contribution in [0.2, 0.25) is 5.02 Å². The summed E-state index contributed by atoms with van der Waals surface area (Å²) in [6.45, 7) is 4.29. The lowest BCUT2D eigenvalue weighted by Crippen LogP contribution is -2.24. The van der Waals surface area contributed by atoms with Crippen LogP contribution in [0.5, 0.6) is 0 Å². The van der Waals surface area contributed by atoms with Crippen LogP contribution in [0.4, 0.5) is 5.69 Å². The van der Waals surface area contributed by atoms with Crippen LogP contribution in [0.3, 0.4) is 0 Å². The molecule has 2 heterocycles. The van der Waals surface area contributed by atoms with Crippen LogP contribution >= 0.6 is 23.4 Å². The first-order valence-corrected chi connectivity index (χ1v) is 10.00. The lowest BCUT2D eigenvalue weighted by atomic mass is 9.83. The predicted octanol–water partition coefficient (Wildman–Crippen LogP) is 5.45. The number of likely N-dealkylation sites (N-methyl/N-ethyl adjacent to an activating group) is 1. The molecule has 4 rings (SSSR count). The minimum atomic E-state index is -0.208. The fourth-order valence-corrected chi connectivity index (χ4v) is 4.35. The topological polar surface area (TPSA) is 46.3 Å². The quantitative estimate of drug-likeness (QED) is 0.431. The molecule has 6 heteroatoms. The molecule has 0 radical (unpaired) electrons. The Labute approximate surface area is 167 Å². The monoisotopic (exact) mass is 398 g/mol. The first-order valence-electron chi connectivity index (χ1n) is 8.63. The number of carbonyl (C=O) groups is 1. The Morgan fingerprint density at radius 3 is 2.85 bits per heavy atom. The smallest absolute Gasteiger partial charge is 0.257 e. The first-order chi connectivity index (χ1) is 12.9. The van der Waals surface area contributed by atoms with E-state index in [2.05, 4.69) is 35.9 Å². The van der Waals surface area contributed by atoms with Gasteiger partial charge < -0.3 is 9.32 Å². The van der Waals surface area contributed by atoms with Gasteiger partial charge in [0.2, 0.25) is 0 Å². The molecule has 0 fully saturated rings. The number of anilines is 1. The zero-order chi connectivity index (χ0) is 19.2. The number of aromatic nitrogens is 1. The summed E-state index contributed by atoms with van der Waals surface area (Å²) in [5, 5.41) is 1.08. The predicted molar refractivity (Wildman–Crippen MR) is 111 cm³/mol. The van der Waals surface area contributed by atoms with E-state index < -0.39 is 0 Å². The van der Waals surface area contributed by atoms with Gasteiger partial charge in [-0.1, -0.05) is 55.4 Å². The number of rotatable bonds is 4. The zero-order valence-corrected chi connectivity index (χ0v) is 16.9. The van der Waals surface area contributed by atoms with Gasteiger partial charge >= 0.3 is 0 Å². The lowest BCUT2D eigenvalue weighted by Gasteiger charge is -2.23. The number of fused-ring (bicyclic) bond motifs is 2. The van der Waals surface area contributed by atoms with Crippen molar-refractivity contribution in [1.29, 1.82) is 0 Å². The van der Waals surface area contributed by atoms with Gasteiger partial charge in [-0.2, -0.15) is 0 Å². The standard InChI is InChI=1S/C21H19ClN2O2S/c1-21(2)15-6-4-5-7-17(15)24(3)19(21)11-14(25)12-27-20-23-16-10-13(22)8-9-18(16)26-20/h4-11H,12H2,1-3H3. The molecule has 4 nitrogen and oxygen atoms in total. The van der Waals surface area contributed by atoms with E-state index in [0.29, 0.717) is 21.3 Å². The van der Waals surface area contributed by atoms with Gasteiger partial charge in [-0.25, -0.2) is 4.98 Å². The van der Waals surface area contributed by atoms with Crippen molar-refractivity contribution < 1.29 is 9.21 Å². The van der Waals surface area contributed by atoms with E-state index in [0.717, 1.165) is 11.4 Å². The van der Waals surface area contributed by atoms with Gasteiger partial charge in [0.05, 0.1) is 5.75 Å². The molecular weight excluding hydrogens is 380 g/mol. The van der Waals surface area contributed by atoms with Crippen molar-refractivity contribution in [3.63, 3.8) is 0 Å². The Bertz CT molecular complexity index is 1070. The maximum Gasteiger partial charge on any atom is 0.257 e. The second kappa shape index (κ2) is 6.73. The average molecular weight is 399 g/mol. The van der Waals surface area contributed by atoms with Gasteiger partial charge in [0.15, 0.2) is 11.4 Å². The summed E-state index contributed by atoms with van der Waals surface area (Å²) in [5.74, 6) is 0.299. The van der Waals surface area contributed by atoms with Gasteiger partial charge in [-0.15, -0.1) is 0 Å². The van der Waals surface area contributed by atoms with Crippen molar-refractivity contribution >= 4 is 45.9 Å². The number of para-hydroxylation sites is 1. The Balaban J connectivity index is 1.51. The highest BCUT2D eigenvalue weighted by atomic mass is 35.5. The Hall–Kier alpha value is -2.24. The van der Waals surface area contributed by atoms with E-state index in [-0.39, 0.29) is 17.0 Å². The number of oxazole rings is 1. The van der Waals surface area contributed by atoms with Crippen LogP contribution in [0, 0.1) is 0 Å². The highest BCUT2D eigenvalue weighted by molar-refractivity contribution is 7.99. The Morgan fingerprint density at radius 2 is 2.07 bits per heavy atom. The molecule has 3 aromatic rings. The van der Waals surface area contributed by atoms with E-state index in [1.54, 1.807) is 24.3 Å². The lowest BCUT2D eigenvalue weighted by molar-refractivity contribution is -0.112. The van der Waals surface area contributed by atoms with E-state index in [9.17, 15) is 4.79 Å². The van der Waals surface area contributed by atoms with Crippen LogP contribution in [-0.4, -0.2) is 23.6 Å². The molecule has 138 valence electrons. The minimum Gasteiger partial charge on any atom is -0.431 e. The van der Waals surface area contributed by atoms with Crippen LogP contribution in [-0.2, 0) is 10.2 Å². The van der Waals surface area contributed by atoms with Crippen molar-refractivity contribution in [2.45, 2.75) is 24.5 Å². The van der Waals surface area contributed by atoms with E-state index in [1.807, 2.05) is 19.2 Å². The molecule has 2 aromatic carbocycles. The molecular formula is C21H19ClN2O2S.